The Balaban J connectivity index is 1.48. The summed E-state index contributed by atoms with van der Waals surface area (Å²) in [6, 6.07) is 11.2. The predicted molar refractivity (Wildman–Crippen MR) is 109 cm³/mol. The van der Waals surface area contributed by atoms with E-state index in [0.717, 1.165) is 45.3 Å². The van der Waals surface area contributed by atoms with Gasteiger partial charge >= 0.3 is 0 Å². The van der Waals surface area contributed by atoms with Crippen molar-refractivity contribution < 1.29 is 9.90 Å². The fraction of sp³-hybridized carbons (Fsp3) is 0.682. The largest absolute Gasteiger partial charge is 0.379 e. The van der Waals surface area contributed by atoms with Crippen molar-refractivity contribution in [2.45, 2.75) is 63.6 Å². The van der Waals surface area contributed by atoms with Gasteiger partial charge in [-0.1, -0.05) is 30.3 Å². The van der Waals surface area contributed by atoms with Gasteiger partial charge in [-0.3, -0.25) is 4.79 Å². The van der Waals surface area contributed by atoms with Crippen molar-refractivity contribution >= 4 is 5.91 Å². The topological polar surface area (TPSA) is 55.8 Å². The molecule has 5 nitrogen and oxygen atoms in total. The van der Waals surface area contributed by atoms with Crippen LogP contribution in [0.25, 0.3) is 0 Å². The minimum absolute atomic E-state index is 0.100. The van der Waals surface area contributed by atoms with Gasteiger partial charge in [0.1, 0.15) is 0 Å². The van der Waals surface area contributed by atoms with E-state index in [0.29, 0.717) is 31.6 Å². The quantitative estimate of drug-likeness (QED) is 0.768. The molecular weight excluding hydrogens is 338 g/mol. The Morgan fingerprint density at radius 3 is 2.56 bits per heavy atom. The fourth-order valence-corrected chi connectivity index (χ4v) is 4.28. The average Bonchev–Trinajstić information content (AvgIpc) is 2.69. The SMILES string of the molecule is CC(C)N1CCC(NC[C@]2(O)CCCN(CCc3ccccc3)C2=O)CC1. The average molecular weight is 374 g/mol. The van der Waals surface area contributed by atoms with Crippen LogP contribution < -0.4 is 5.32 Å². The Labute approximate surface area is 163 Å². The van der Waals surface area contributed by atoms with Crippen LogP contribution in [0.2, 0.25) is 0 Å². The number of piperidine rings is 2. The molecule has 1 amide bonds. The maximum atomic E-state index is 12.9. The van der Waals surface area contributed by atoms with Crippen LogP contribution in [0.1, 0.15) is 45.1 Å². The molecule has 1 atom stereocenters. The van der Waals surface area contributed by atoms with Crippen LogP contribution in [-0.4, -0.2) is 71.2 Å². The molecular formula is C22H35N3O2. The normalized spacial score (nSPS) is 25.3. The van der Waals surface area contributed by atoms with Gasteiger partial charge in [0.25, 0.3) is 5.91 Å². The second-order valence-corrected chi connectivity index (χ2v) is 8.45. The zero-order valence-electron chi connectivity index (χ0n) is 16.9. The van der Waals surface area contributed by atoms with Crippen LogP contribution in [0.3, 0.4) is 0 Å². The van der Waals surface area contributed by atoms with Crippen LogP contribution in [-0.2, 0) is 11.2 Å². The molecule has 0 radical (unpaired) electrons. The summed E-state index contributed by atoms with van der Waals surface area (Å²) >= 11 is 0. The van der Waals surface area contributed by atoms with Gasteiger partial charge in [0.15, 0.2) is 5.60 Å². The van der Waals surface area contributed by atoms with Crippen molar-refractivity contribution in [3.63, 3.8) is 0 Å². The first-order valence-corrected chi connectivity index (χ1v) is 10.5. The Kier molecular flexibility index (Phi) is 6.90. The van der Waals surface area contributed by atoms with Crippen LogP contribution >= 0.6 is 0 Å². The van der Waals surface area contributed by atoms with Crippen LogP contribution in [0, 0.1) is 0 Å². The van der Waals surface area contributed by atoms with Crippen LogP contribution in [0.15, 0.2) is 30.3 Å². The molecule has 0 aliphatic carbocycles. The Hall–Kier alpha value is -1.43. The Bertz CT molecular complexity index is 599. The number of hydrogen-bond donors (Lipinski definition) is 2. The molecule has 2 aliphatic rings. The fourth-order valence-electron chi connectivity index (χ4n) is 4.28. The van der Waals surface area contributed by atoms with Gasteiger partial charge in [-0.25, -0.2) is 0 Å². The summed E-state index contributed by atoms with van der Waals surface area (Å²) in [6.07, 6.45) is 4.43. The highest BCUT2D eigenvalue weighted by atomic mass is 16.3. The van der Waals surface area contributed by atoms with E-state index >= 15 is 0 Å². The third-order valence-corrected chi connectivity index (χ3v) is 6.16. The van der Waals surface area contributed by atoms with E-state index in [9.17, 15) is 9.90 Å². The highest BCUT2D eigenvalue weighted by Crippen LogP contribution is 2.23. The maximum absolute atomic E-state index is 12.9. The van der Waals surface area contributed by atoms with E-state index < -0.39 is 5.60 Å². The molecule has 0 unspecified atom stereocenters. The molecule has 2 heterocycles. The summed E-state index contributed by atoms with van der Waals surface area (Å²) in [5.41, 5.74) is -0.0149. The van der Waals surface area contributed by atoms with Gasteiger partial charge < -0.3 is 20.2 Å². The van der Waals surface area contributed by atoms with Crippen molar-refractivity contribution in [1.29, 1.82) is 0 Å². The van der Waals surface area contributed by atoms with Gasteiger partial charge in [-0.05, 0) is 64.6 Å². The highest BCUT2D eigenvalue weighted by molar-refractivity contribution is 5.86. The zero-order valence-corrected chi connectivity index (χ0v) is 16.9. The molecule has 3 rings (SSSR count). The molecule has 1 aromatic carbocycles. The van der Waals surface area contributed by atoms with Gasteiger partial charge in [0.2, 0.25) is 0 Å². The Morgan fingerprint density at radius 1 is 1.19 bits per heavy atom. The second-order valence-electron chi connectivity index (χ2n) is 8.45. The van der Waals surface area contributed by atoms with Gasteiger partial charge in [-0.2, -0.15) is 0 Å². The first-order chi connectivity index (χ1) is 13.0. The number of benzene rings is 1. The first-order valence-electron chi connectivity index (χ1n) is 10.5. The number of rotatable bonds is 7. The lowest BCUT2D eigenvalue weighted by Crippen LogP contribution is -2.59. The van der Waals surface area contributed by atoms with Gasteiger partial charge in [0.05, 0.1) is 0 Å². The second kappa shape index (κ2) is 9.18. The van der Waals surface area contributed by atoms with Crippen molar-refractivity contribution in [3.05, 3.63) is 35.9 Å². The number of amides is 1. The molecule has 2 N–H and O–H groups in total. The molecule has 0 spiro atoms. The lowest BCUT2D eigenvalue weighted by atomic mass is 9.90. The zero-order chi connectivity index (χ0) is 19.3. The third-order valence-electron chi connectivity index (χ3n) is 6.16. The van der Waals surface area contributed by atoms with Gasteiger partial charge in [-0.15, -0.1) is 0 Å². The van der Waals surface area contributed by atoms with E-state index in [1.165, 1.54) is 5.56 Å². The molecule has 27 heavy (non-hydrogen) atoms. The van der Waals surface area contributed by atoms with Crippen LogP contribution in [0.5, 0.6) is 0 Å². The summed E-state index contributed by atoms with van der Waals surface area (Å²) in [5.74, 6) is -0.100. The van der Waals surface area contributed by atoms with Crippen molar-refractivity contribution in [1.82, 2.24) is 15.1 Å². The van der Waals surface area contributed by atoms with E-state index in [2.05, 4.69) is 36.2 Å². The third kappa shape index (κ3) is 5.31. The highest BCUT2D eigenvalue weighted by Gasteiger charge is 2.42. The van der Waals surface area contributed by atoms with E-state index in [4.69, 9.17) is 0 Å². The van der Waals surface area contributed by atoms with Gasteiger partial charge in [0, 0.05) is 31.7 Å². The molecule has 2 fully saturated rings. The minimum Gasteiger partial charge on any atom is -0.379 e. The number of hydrogen-bond acceptors (Lipinski definition) is 4. The van der Waals surface area contributed by atoms with E-state index in [1.54, 1.807) is 0 Å². The molecule has 1 aromatic rings. The first kappa shape index (κ1) is 20.3. The standard InChI is InChI=1S/C22H35N3O2/c1-18(2)24-15-10-20(11-16-24)23-17-22(27)12-6-13-25(21(22)26)14-9-19-7-4-3-5-8-19/h3-5,7-8,18,20,23,27H,6,9-17H2,1-2H3/t22-/m1/s1. The molecule has 2 saturated heterocycles. The lowest BCUT2D eigenvalue weighted by molar-refractivity contribution is -0.156. The number of aliphatic hydroxyl groups is 1. The van der Waals surface area contributed by atoms with Crippen LogP contribution in [0.4, 0.5) is 0 Å². The molecule has 150 valence electrons. The number of nitrogens with zero attached hydrogens (tertiary/aromatic N) is 2. The number of nitrogens with one attached hydrogen (secondary N) is 1. The number of carbonyl (C=O) groups is 1. The predicted octanol–water partition coefficient (Wildman–Crippen LogP) is 2.04. The monoisotopic (exact) mass is 373 g/mol. The Morgan fingerprint density at radius 2 is 1.89 bits per heavy atom. The molecule has 5 heteroatoms. The number of likely N-dealkylation sites (tertiary alicyclic amines) is 2. The summed E-state index contributed by atoms with van der Waals surface area (Å²) in [4.78, 5) is 17.2. The maximum Gasteiger partial charge on any atom is 0.255 e. The number of carbonyl (C=O) groups excluding carboxylic acids is 1. The molecule has 2 aliphatic heterocycles. The van der Waals surface area contributed by atoms with Crippen molar-refractivity contribution in [3.8, 4) is 0 Å². The van der Waals surface area contributed by atoms with Crippen molar-refractivity contribution in [2.24, 2.45) is 0 Å². The molecule has 0 saturated carbocycles. The summed E-state index contributed by atoms with van der Waals surface area (Å²) in [5, 5.41) is 14.5. The summed E-state index contributed by atoms with van der Waals surface area (Å²) < 4.78 is 0. The molecule has 0 bridgehead atoms. The van der Waals surface area contributed by atoms with E-state index in [-0.39, 0.29) is 5.91 Å². The smallest absolute Gasteiger partial charge is 0.255 e. The summed E-state index contributed by atoms with van der Waals surface area (Å²) in [7, 11) is 0. The summed E-state index contributed by atoms with van der Waals surface area (Å²) in [6.45, 7) is 8.46. The van der Waals surface area contributed by atoms with E-state index in [1.807, 2.05) is 23.1 Å². The molecule has 0 aromatic heterocycles. The van der Waals surface area contributed by atoms with Crippen molar-refractivity contribution in [2.75, 3.05) is 32.7 Å². The minimum atomic E-state index is -1.25. The lowest BCUT2D eigenvalue weighted by Gasteiger charge is -2.40.